The molecular weight excluding hydrogens is 255 g/mol. The van der Waals surface area contributed by atoms with E-state index in [2.05, 4.69) is 0 Å². The van der Waals surface area contributed by atoms with Crippen molar-refractivity contribution in [3.63, 3.8) is 0 Å². The van der Waals surface area contributed by atoms with Crippen LogP contribution in [0.4, 0.5) is 13.2 Å². The quantitative estimate of drug-likeness (QED) is 0.912. The SMILES string of the molecule is Cc1cc(OC(C(C)N)C(F)(F)F)ccc1Cl. The van der Waals surface area contributed by atoms with E-state index in [0.29, 0.717) is 10.6 Å². The summed E-state index contributed by atoms with van der Waals surface area (Å²) in [7, 11) is 0. The Morgan fingerprint density at radius 3 is 2.35 bits per heavy atom. The summed E-state index contributed by atoms with van der Waals surface area (Å²) in [4.78, 5) is 0. The van der Waals surface area contributed by atoms with Gasteiger partial charge in [-0.15, -0.1) is 0 Å². The molecule has 0 aliphatic carbocycles. The van der Waals surface area contributed by atoms with E-state index >= 15 is 0 Å². The minimum absolute atomic E-state index is 0.103. The van der Waals surface area contributed by atoms with Crippen molar-refractivity contribution in [2.75, 3.05) is 0 Å². The van der Waals surface area contributed by atoms with E-state index in [0.717, 1.165) is 0 Å². The Bertz CT molecular complexity index is 393. The molecule has 0 aliphatic heterocycles. The predicted octanol–water partition coefficient (Wildman–Crippen LogP) is 3.31. The monoisotopic (exact) mass is 267 g/mol. The van der Waals surface area contributed by atoms with Crippen LogP contribution in [0.5, 0.6) is 5.75 Å². The van der Waals surface area contributed by atoms with Crippen molar-refractivity contribution in [2.24, 2.45) is 5.73 Å². The number of hydrogen-bond acceptors (Lipinski definition) is 2. The maximum atomic E-state index is 12.6. The molecule has 1 aromatic carbocycles. The molecule has 0 saturated heterocycles. The molecule has 17 heavy (non-hydrogen) atoms. The normalized spacial score (nSPS) is 15.5. The van der Waals surface area contributed by atoms with Crippen molar-refractivity contribution < 1.29 is 17.9 Å². The maximum Gasteiger partial charge on any atom is 0.426 e. The van der Waals surface area contributed by atoms with Crippen LogP contribution < -0.4 is 10.5 Å². The molecule has 1 aromatic rings. The standard InChI is InChI=1S/C11H13ClF3NO/c1-6-5-8(3-4-9(6)12)17-10(7(2)16)11(13,14)15/h3-5,7,10H,16H2,1-2H3. The average molecular weight is 268 g/mol. The topological polar surface area (TPSA) is 35.2 Å². The summed E-state index contributed by atoms with van der Waals surface area (Å²) in [5.41, 5.74) is 5.92. The van der Waals surface area contributed by atoms with Crippen molar-refractivity contribution in [1.82, 2.24) is 0 Å². The number of alkyl halides is 3. The lowest BCUT2D eigenvalue weighted by atomic mass is 10.2. The number of hydrogen-bond donors (Lipinski definition) is 1. The van der Waals surface area contributed by atoms with E-state index < -0.39 is 18.3 Å². The summed E-state index contributed by atoms with van der Waals surface area (Å²) >= 11 is 5.77. The zero-order chi connectivity index (χ0) is 13.2. The molecule has 2 N–H and O–H groups in total. The van der Waals surface area contributed by atoms with Crippen molar-refractivity contribution in [2.45, 2.75) is 32.2 Å². The first kappa shape index (κ1) is 14.1. The van der Waals surface area contributed by atoms with Gasteiger partial charge in [-0.3, -0.25) is 0 Å². The van der Waals surface area contributed by atoms with E-state index in [4.69, 9.17) is 22.1 Å². The van der Waals surface area contributed by atoms with Crippen LogP contribution >= 0.6 is 11.6 Å². The minimum Gasteiger partial charge on any atom is -0.479 e. The molecule has 0 amide bonds. The van der Waals surface area contributed by atoms with Gasteiger partial charge >= 0.3 is 6.18 Å². The fraction of sp³-hybridized carbons (Fsp3) is 0.455. The second-order valence-electron chi connectivity index (χ2n) is 3.85. The van der Waals surface area contributed by atoms with E-state index in [9.17, 15) is 13.2 Å². The van der Waals surface area contributed by atoms with Crippen molar-refractivity contribution >= 4 is 11.6 Å². The molecule has 2 unspecified atom stereocenters. The number of rotatable bonds is 3. The van der Waals surface area contributed by atoms with Crippen LogP contribution in [-0.2, 0) is 0 Å². The Labute approximate surface area is 103 Å². The summed E-state index contributed by atoms with van der Waals surface area (Å²) in [5.74, 6) is 0.103. The number of nitrogens with two attached hydrogens (primary N) is 1. The Kier molecular flexibility index (Phi) is 4.27. The van der Waals surface area contributed by atoms with Crippen LogP contribution in [0.1, 0.15) is 12.5 Å². The molecule has 0 fully saturated rings. The number of halogens is 4. The third-order valence-electron chi connectivity index (χ3n) is 2.19. The van der Waals surface area contributed by atoms with Gasteiger partial charge < -0.3 is 10.5 Å². The summed E-state index contributed by atoms with van der Waals surface area (Å²) in [6, 6.07) is 3.17. The molecule has 6 heteroatoms. The van der Waals surface area contributed by atoms with Gasteiger partial charge in [0.05, 0.1) is 0 Å². The molecule has 0 heterocycles. The summed E-state index contributed by atoms with van der Waals surface area (Å²) in [6.07, 6.45) is -6.52. The van der Waals surface area contributed by atoms with Gasteiger partial charge in [-0.05, 0) is 37.6 Å². The lowest BCUT2D eigenvalue weighted by Gasteiger charge is -2.24. The highest BCUT2D eigenvalue weighted by atomic mass is 35.5. The maximum absolute atomic E-state index is 12.6. The van der Waals surface area contributed by atoms with Crippen LogP contribution in [0.3, 0.4) is 0 Å². The van der Waals surface area contributed by atoms with Gasteiger partial charge in [0, 0.05) is 11.1 Å². The first-order valence-electron chi connectivity index (χ1n) is 4.97. The van der Waals surface area contributed by atoms with Crippen molar-refractivity contribution in [1.29, 1.82) is 0 Å². The van der Waals surface area contributed by atoms with Gasteiger partial charge in [0.15, 0.2) is 0 Å². The largest absolute Gasteiger partial charge is 0.479 e. The Hall–Kier alpha value is -0.940. The predicted molar refractivity (Wildman–Crippen MR) is 60.3 cm³/mol. The molecule has 0 spiro atoms. The van der Waals surface area contributed by atoms with Crippen LogP contribution in [0.25, 0.3) is 0 Å². The van der Waals surface area contributed by atoms with Crippen LogP contribution in [-0.4, -0.2) is 18.3 Å². The van der Waals surface area contributed by atoms with Gasteiger partial charge in [-0.25, -0.2) is 0 Å². The molecule has 2 nitrogen and oxygen atoms in total. The smallest absolute Gasteiger partial charge is 0.426 e. The van der Waals surface area contributed by atoms with Crippen molar-refractivity contribution in [3.8, 4) is 5.75 Å². The third-order valence-corrected chi connectivity index (χ3v) is 2.62. The Morgan fingerprint density at radius 1 is 1.35 bits per heavy atom. The number of ether oxygens (including phenoxy) is 1. The van der Waals surface area contributed by atoms with Gasteiger partial charge in [0.2, 0.25) is 6.10 Å². The van der Waals surface area contributed by atoms with Crippen LogP contribution in [0.2, 0.25) is 5.02 Å². The second kappa shape index (κ2) is 5.14. The van der Waals surface area contributed by atoms with Gasteiger partial charge in [0.1, 0.15) is 5.75 Å². The minimum atomic E-state index is -4.50. The Balaban J connectivity index is 2.91. The molecule has 0 aromatic heterocycles. The van der Waals surface area contributed by atoms with E-state index in [1.165, 1.54) is 25.1 Å². The van der Waals surface area contributed by atoms with Gasteiger partial charge in [-0.1, -0.05) is 11.6 Å². The summed E-state index contributed by atoms with van der Waals surface area (Å²) in [6.45, 7) is 2.94. The van der Waals surface area contributed by atoms with E-state index in [1.807, 2.05) is 0 Å². The van der Waals surface area contributed by atoms with E-state index in [-0.39, 0.29) is 5.75 Å². The zero-order valence-electron chi connectivity index (χ0n) is 9.38. The fourth-order valence-corrected chi connectivity index (χ4v) is 1.43. The molecule has 1 rings (SSSR count). The van der Waals surface area contributed by atoms with Crippen LogP contribution in [0, 0.1) is 6.92 Å². The lowest BCUT2D eigenvalue weighted by Crippen LogP contribution is -2.47. The van der Waals surface area contributed by atoms with Crippen LogP contribution in [0.15, 0.2) is 18.2 Å². The molecular formula is C11H13ClF3NO. The van der Waals surface area contributed by atoms with E-state index in [1.54, 1.807) is 6.92 Å². The first-order valence-corrected chi connectivity index (χ1v) is 5.34. The average Bonchev–Trinajstić information content (AvgIpc) is 2.17. The number of benzene rings is 1. The lowest BCUT2D eigenvalue weighted by molar-refractivity contribution is -0.199. The summed E-state index contributed by atoms with van der Waals surface area (Å²) in [5, 5.41) is 0.474. The van der Waals surface area contributed by atoms with Gasteiger partial charge in [-0.2, -0.15) is 13.2 Å². The summed E-state index contributed by atoms with van der Waals surface area (Å²) < 4.78 is 42.7. The first-order chi connectivity index (χ1) is 7.71. The highest BCUT2D eigenvalue weighted by molar-refractivity contribution is 6.31. The molecule has 0 radical (unpaired) electrons. The highest BCUT2D eigenvalue weighted by Crippen LogP contribution is 2.28. The molecule has 0 aliphatic rings. The zero-order valence-corrected chi connectivity index (χ0v) is 10.1. The number of aryl methyl sites for hydroxylation is 1. The highest BCUT2D eigenvalue weighted by Gasteiger charge is 2.44. The fourth-order valence-electron chi connectivity index (χ4n) is 1.31. The molecule has 2 atom stereocenters. The second-order valence-corrected chi connectivity index (χ2v) is 4.26. The molecule has 0 saturated carbocycles. The molecule has 96 valence electrons. The van der Waals surface area contributed by atoms with Crippen molar-refractivity contribution in [3.05, 3.63) is 28.8 Å². The Morgan fingerprint density at radius 2 is 1.94 bits per heavy atom. The third kappa shape index (κ3) is 3.78. The molecule has 0 bridgehead atoms. The van der Waals surface area contributed by atoms with Gasteiger partial charge in [0.25, 0.3) is 0 Å².